The molecule has 7 N–H and O–H groups in total. The lowest BCUT2D eigenvalue weighted by Crippen LogP contribution is -2.56. The van der Waals surface area contributed by atoms with E-state index < -0.39 is 66.9 Å². The molecule has 1 heterocycles. The van der Waals surface area contributed by atoms with Gasteiger partial charge in [-0.2, -0.15) is 0 Å². The second-order valence-corrected chi connectivity index (χ2v) is 6.54. The fourth-order valence-electron chi connectivity index (χ4n) is 2.81. The van der Waals surface area contributed by atoms with Gasteiger partial charge in [0.2, 0.25) is 17.7 Å². The number of hydrogen-bond acceptors (Lipinski definition) is 7. The van der Waals surface area contributed by atoms with Gasteiger partial charge in [-0.05, 0) is 26.2 Å². The van der Waals surface area contributed by atoms with Crippen molar-refractivity contribution in [3.8, 4) is 0 Å². The highest BCUT2D eigenvalue weighted by atomic mass is 16.4. The molecule has 12 heteroatoms. The molecule has 1 fully saturated rings. The number of aliphatic carboxylic acids is 2. The van der Waals surface area contributed by atoms with Crippen LogP contribution in [0.5, 0.6) is 0 Å². The molecule has 0 aromatic carbocycles. The third kappa shape index (κ3) is 6.46. The number of carbonyl (C=O) groups is 5. The Kier molecular flexibility index (Phi) is 8.79. The van der Waals surface area contributed by atoms with Crippen LogP contribution < -0.4 is 16.4 Å². The molecule has 0 radical (unpaired) electrons. The largest absolute Gasteiger partial charge is 0.481 e. The predicted octanol–water partition coefficient (Wildman–Crippen LogP) is -2.76. The first-order chi connectivity index (χ1) is 13.1. The molecule has 158 valence electrons. The number of likely N-dealkylation sites (tertiary alicyclic amines) is 1. The number of rotatable bonds is 10. The van der Waals surface area contributed by atoms with E-state index in [9.17, 15) is 24.0 Å². The highest BCUT2D eigenvalue weighted by molar-refractivity contribution is 5.94. The van der Waals surface area contributed by atoms with Crippen LogP contribution >= 0.6 is 0 Å². The molecule has 28 heavy (non-hydrogen) atoms. The fourth-order valence-corrected chi connectivity index (χ4v) is 2.81. The first-order valence-corrected chi connectivity index (χ1v) is 8.80. The SMILES string of the molecule is CC(NC(=O)C(N)CO)C(=O)N1CCCC1C(=O)NC(CCC(=O)O)C(=O)O. The van der Waals surface area contributed by atoms with Crippen LogP contribution in [-0.2, 0) is 24.0 Å². The van der Waals surface area contributed by atoms with E-state index in [1.807, 2.05) is 0 Å². The molecule has 0 aliphatic carbocycles. The van der Waals surface area contributed by atoms with Crippen molar-refractivity contribution >= 4 is 29.7 Å². The molecule has 12 nitrogen and oxygen atoms in total. The summed E-state index contributed by atoms with van der Waals surface area (Å²) in [6, 6.07) is -4.50. The third-order valence-electron chi connectivity index (χ3n) is 4.36. The van der Waals surface area contributed by atoms with Gasteiger partial charge in [-0.25, -0.2) is 4.79 Å². The Labute approximate surface area is 161 Å². The van der Waals surface area contributed by atoms with E-state index in [0.717, 1.165) is 0 Å². The minimum atomic E-state index is -1.39. The summed E-state index contributed by atoms with van der Waals surface area (Å²) in [5.74, 6) is -4.53. The zero-order valence-electron chi connectivity index (χ0n) is 15.5. The summed E-state index contributed by atoms with van der Waals surface area (Å²) in [4.78, 5) is 59.8. The molecule has 4 unspecified atom stereocenters. The lowest BCUT2D eigenvalue weighted by atomic mass is 10.1. The van der Waals surface area contributed by atoms with E-state index in [1.54, 1.807) is 0 Å². The topological polar surface area (TPSA) is 199 Å². The summed E-state index contributed by atoms with van der Waals surface area (Å²) in [6.07, 6.45) is 0.0918. The molecule has 0 spiro atoms. The number of hydrogen-bond donors (Lipinski definition) is 6. The zero-order valence-corrected chi connectivity index (χ0v) is 15.5. The first-order valence-electron chi connectivity index (χ1n) is 8.80. The van der Waals surface area contributed by atoms with Crippen molar-refractivity contribution in [1.82, 2.24) is 15.5 Å². The van der Waals surface area contributed by atoms with Gasteiger partial charge in [0, 0.05) is 13.0 Å². The van der Waals surface area contributed by atoms with Gasteiger partial charge >= 0.3 is 11.9 Å². The van der Waals surface area contributed by atoms with Gasteiger partial charge in [0.05, 0.1) is 6.61 Å². The Morgan fingerprint density at radius 3 is 2.36 bits per heavy atom. The van der Waals surface area contributed by atoms with Crippen LogP contribution in [0.2, 0.25) is 0 Å². The second kappa shape index (κ2) is 10.6. The van der Waals surface area contributed by atoms with E-state index in [2.05, 4.69) is 10.6 Å². The molecular weight excluding hydrogens is 376 g/mol. The summed E-state index contributed by atoms with van der Waals surface area (Å²) >= 11 is 0. The number of amides is 3. The van der Waals surface area contributed by atoms with E-state index in [0.29, 0.717) is 12.8 Å². The highest BCUT2D eigenvalue weighted by Gasteiger charge is 2.37. The average Bonchev–Trinajstić information content (AvgIpc) is 3.12. The lowest BCUT2D eigenvalue weighted by molar-refractivity contribution is -0.145. The van der Waals surface area contributed by atoms with Crippen LogP contribution in [-0.4, -0.2) is 87.2 Å². The van der Waals surface area contributed by atoms with Crippen LogP contribution in [0, 0.1) is 0 Å². The Hall–Kier alpha value is -2.73. The van der Waals surface area contributed by atoms with Gasteiger partial charge in [-0.1, -0.05) is 0 Å². The molecular formula is C16H26N4O8. The molecule has 0 aromatic heterocycles. The van der Waals surface area contributed by atoms with Crippen LogP contribution in [0.15, 0.2) is 0 Å². The number of carbonyl (C=O) groups excluding carboxylic acids is 3. The maximum atomic E-state index is 12.6. The molecule has 3 amide bonds. The van der Waals surface area contributed by atoms with Crippen LogP contribution in [0.4, 0.5) is 0 Å². The van der Waals surface area contributed by atoms with Crippen molar-refractivity contribution in [2.75, 3.05) is 13.2 Å². The standard InChI is InChI=1S/C16H26N4O8/c1-8(18-13(24)9(17)7-21)15(26)20-6-2-3-11(20)14(25)19-10(16(27)28)4-5-12(22)23/h8-11,21H,2-7,17H2,1H3,(H,18,24)(H,19,25)(H,22,23)(H,27,28). The maximum absolute atomic E-state index is 12.6. The van der Waals surface area contributed by atoms with Gasteiger partial charge in [-0.3, -0.25) is 19.2 Å². The van der Waals surface area contributed by atoms with Gasteiger partial charge < -0.3 is 36.6 Å². The number of nitrogens with zero attached hydrogens (tertiary/aromatic N) is 1. The molecule has 1 aliphatic rings. The Bertz CT molecular complexity index is 626. The van der Waals surface area contributed by atoms with E-state index in [1.165, 1.54) is 11.8 Å². The number of carboxylic acids is 2. The predicted molar refractivity (Wildman–Crippen MR) is 93.8 cm³/mol. The molecule has 0 bridgehead atoms. The molecule has 0 saturated carbocycles. The quantitative estimate of drug-likeness (QED) is 0.224. The lowest BCUT2D eigenvalue weighted by Gasteiger charge is -2.28. The number of aliphatic hydroxyl groups is 1. The van der Waals surface area contributed by atoms with Crippen LogP contribution in [0.25, 0.3) is 0 Å². The van der Waals surface area contributed by atoms with Crippen molar-refractivity contribution < 1.29 is 39.3 Å². The average molecular weight is 402 g/mol. The van der Waals surface area contributed by atoms with Crippen LogP contribution in [0.1, 0.15) is 32.6 Å². The maximum Gasteiger partial charge on any atom is 0.326 e. The molecule has 4 atom stereocenters. The number of nitrogens with two attached hydrogens (primary N) is 1. The van der Waals surface area contributed by atoms with Gasteiger partial charge in [0.15, 0.2) is 0 Å². The third-order valence-corrected chi connectivity index (χ3v) is 4.36. The number of aliphatic hydroxyl groups excluding tert-OH is 1. The van der Waals surface area contributed by atoms with Gasteiger partial charge in [-0.15, -0.1) is 0 Å². The fraction of sp³-hybridized carbons (Fsp3) is 0.688. The highest BCUT2D eigenvalue weighted by Crippen LogP contribution is 2.19. The summed E-state index contributed by atoms with van der Waals surface area (Å²) < 4.78 is 0. The minimum Gasteiger partial charge on any atom is -0.481 e. The Morgan fingerprint density at radius 2 is 1.82 bits per heavy atom. The second-order valence-electron chi connectivity index (χ2n) is 6.54. The molecule has 0 aromatic rings. The number of carboxylic acid groups (broad SMARTS) is 2. The summed E-state index contributed by atoms with van der Waals surface area (Å²) in [5.41, 5.74) is 5.38. The van der Waals surface area contributed by atoms with E-state index in [4.69, 9.17) is 21.1 Å². The van der Waals surface area contributed by atoms with Crippen molar-refractivity contribution in [3.05, 3.63) is 0 Å². The summed E-state index contributed by atoms with van der Waals surface area (Å²) in [7, 11) is 0. The van der Waals surface area contributed by atoms with Gasteiger partial charge in [0.1, 0.15) is 24.2 Å². The van der Waals surface area contributed by atoms with Gasteiger partial charge in [0.25, 0.3) is 0 Å². The Morgan fingerprint density at radius 1 is 1.18 bits per heavy atom. The van der Waals surface area contributed by atoms with E-state index >= 15 is 0 Å². The molecule has 1 aliphatic heterocycles. The zero-order chi connectivity index (χ0) is 21.4. The molecule has 1 saturated heterocycles. The molecule has 1 rings (SSSR count). The van der Waals surface area contributed by atoms with Crippen molar-refractivity contribution in [2.45, 2.75) is 56.8 Å². The normalized spacial score (nSPS) is 19.4. The number of nitrogens with one attached hydrogen (secondary N) is 2. The van der Waals surface area contributed by atoms with Crippen LogP contribution in [0.3, 0.4) is 0 Å². The smallest absolute Gasteiger partial charge is 0.326 e. The summed E-state index contributed by atoms with van der Waals surface area (Å²) in [6.45, 7) is 1.06. The van der Waals surface area contributed by atoms with Crippen molar-refractivity contribution in [3.63, 3.8) is 0 Å². The first kappa shape index (κ1) is 23.3. The minimum absolute atomic E-state index is 0.246. The summed E-state index contributed by atoms with van der Waals surface area (Å²) in [5, 5.41) is 31.3. The Balaban J connectivity index is 2.75. The van der Waals surface area contributed by atoms with E-state index in [-0.39, 0.29) is 13.0 Å². The monoisotopic (exact) mass is 402 g/mol. The van der Waals surface area contributed by atoms with Crippen molar-refractivity contribution in [2.24, 2.45) is 5.73 Å². The van der Waals surface area contributed by atoms with Crippen molar-refractivity contribution in [1.29, 1.82) is 0 Å².